The fourth-order valence-corrected chi connectivity index (χ4v) is 1.56. The predicted octanol–water partition coefficient (Wildman–Crippen LogP) is 4.66. The number of halogens is 6. The highest BCUT2D eigenvalue weighted by Crippen LogP contribution is 2.41. The number of hydrogen-bond donors (Lipinski definition) is 0. The minimum Gasteiger partial charge on any atom is -0.491 e. The molecule has 0 amide bonds. The number of hydrogen-bond acceptors (Lipinski definition) is 3. The van der Waals surface area contributed by atoms with E-state index in [4.69, 9.17) is 0 Å². The van der Waals surface area contributed by atoms with Crippen LogP contribution in [0.3, 0.4) is 0 Å². The smallest absolute Gasteiger partial charge is 0.313 e. The summed E-state index contributed by atoms with van der Waals surface area (Å²) in [4.78, 5) is 0. The van der Waals surface area contributed by atoms with Crippen molar-refractivity contribution in [2.45, 2.75) is 38.4 Å². The standard InChI is InChI=1S/C12H16F6O3/c1-5-11(17,7(19-3)9(13)14)21-12(18,6-2)8(20-4)10(15)16/h5-6H2,1-4H3. The van der Waals surface area contributed by atoms with Crippen molar-refractivity contribution in [1.29, 1.82) is 0 Å². The Labute approximate surface area is 118 Å². The van der Waals surface area contributed by atoms with E-state index in [2.05, 4.69) is 14.2 Å². The van der Waals surface area contributed by atoms with Gasteiger partial charge in [0.25, 0.3) is 11.7 Å². The highest BCUT2D eigenvalue weighted by Gasteiger charge is 2.50. The SMILES string of the molecule is CCC(F)(OC(F)(CC)C(OC)=C(F)F)C(OC)=C(F)F. The van der Waals surface area contributed by atoms with E-state index in [1.807, 2.05) is 0 Å². The van der Waals surface area contributed by atoms with Gasteiger partial charge in [-0.1, -0.05) is 13.8 Å². The maximum absolute atomic E-state index is 14.4. The molecule has 0 saturated carbocycles. The van der Waals surface area contributed by atoms with Crippen LogP contribution < -0.4 is 0 Å². The Balaban J connectivity index is 5.84. The highest BCUT2D eigenvalue weighted by molar-refractivity contribution is 5.11. The van der Waals surface area contributed by atoms with Crippen LogP contribution in [0.2, 0.25) is 0 Å². The fraction of sp³-hybridized carbons (Fsp3) is 0.667. The Bertz CT molecular complexity index is 379. The number of methoxy groups -OCH3 is 2. The lowest BCUT2D eigenvalue weighted by atomic mass is 10.1. The largest absolute Gasteiger partial charge is 0.491 e. The van der Waals surface area contributed by atoms with Crippen LogP contribution in [0.5, 0.6) is 0 Å². The maximum Gasteiger partial charge on any atom is 0.313 e. The van der Waals surface area contributed by atoms with Gasteiger partial charge in [0.05, 0.1) is 14.2 Å². The van der Waals surface area contributed by atoms with E-state index < -0.39 is 48.2 Å². The van der Waals surface area contributed by atoms with Crippen LogP contribution in [-0.2, 0) is 14.2 Å². The van der Waals surface area contributed by atoms with Gasteiger partial charge in [0.15, 0.2) is 0 Å². The summed E-state index contributed by atoms with van der Waals surface area (Å²) in [6.07, 6.45) is -6.79. The summed E-state index contributed by atoms with van der Waals surface area (Å²) in [5.74, 6) is -10.0. The minimum absolute atomic E-state index is 0.719. The van der Waals surface area contributed by atoms with Gasteiger partial charge in [-0.2, -0.15) is 17.6 Å². The second-order valence-electron chi connectivity index (χ2n) is 3.85. The lowest BCUT2D eigenvalue weighted by Gasteiger charge is -2.33. The molecule has 0 aliphatic carbocycles. The van der Waals surface area contributed by atoms with Crippen LogP contribution >= 0.6 is 0 Å². The van der Waals surface area contributed by atoms with Crippen molar-refractivity contribution in [3.05, 3.63) is 23.7 Å². The lowest BCUT2D eigenvalue weighted by molar-refractivity contribution is -0.269. The van der Waals surface area contributed by atoms with Gasteiger partial charge in [-0.3, -0.25) is 4.74 Å². The van der Waals surface area contributed by atoms with Gasteiger partial charge in [-0.25, -0.2) is 8.78 Å². The normalized spacial score (nSPS) is 16.5. The summed E-state index contributed by atoms with van der Waals surface area (Å²) in [5, 5.41) is 0. The van der Waals surface area contributed by atoms with E-state index in [-0.39, 0.29) is 0 Å². The number of alkyl halides is 2. The summed E-state index contributed by atoms with van der Waals surface area (Å²) in [6, 6.07) is 0. The quantitative estimate of drug-likeness (QED) is 0.480. The van der Waals surface area contributed by atoms with Crippen molar-refractivity contribution in [3.63, 3.8) is 0 Å². The Hall–Kier alpha value is -1.38. The first-order valence-corrected chi connectivity index (χ1v) is 5.89. The predicted molar refractivity (Wildman–Crippen MR) is 61.8 cm³/mol. The van der Waals surface area contributed by atoms with E-state index in [9.17, 15) is 26.3 Å². The summed E-state index contributed by atoms with van der Waals surface area (Å²) < 4.78 is 91.9. The Morgan fingerprint density at radius 2 is 1.05 bits per heavy atom. The van der Waals surface area contributed by atoms with Crippen molar-refractivity contribution >= 4 is 0 Å². The summed E-state index contributed by atoms with van der Waals surface area (Å²) in [5.41, 5.74) is 0. The van der Waals surface area contributed by atoms with Gasteiger partial charge in [-0.15, -0.1) is 0 Å². The molecule has 0 bridgehead atoms. The Morgan fingerprint density at radius 3 is 1.19 bits per heavy atom. The second-order valence-corrected chi connectivity index (χ2v) is 3.85. The summed E-state index contributed by atoms with van der Waals surface area (Å²) >= 11 is 0. The van der Waals surface area contributed by atoms with Gasteiger partial charge in [0, 0.05) is 12.8 Å². The molecule has 0 aromatic carbocycles. The van der Waals surface area contributed by atoms with Gasteiger partial charge >= 0.3 is 12.2 Å². The molecule has 0 N–H and O–H groups in total. The van der Waals surface area contributed by atoms with Crippen LogP contribution in [0.4, 0.5) is 26.3 Å². The molecule has 0 spiro atoms. The van der Waals surface area contributed by atoms with Crippen LogP contribution in [0.25, 0.3) is 0 Å². The third-order valence-electron chi connectivity index (χ3n) is 2.66. The zero-order valence-corrected chi connectivity index (χ0v) is 11.9. The molecule has 0 fully saturated rings. The van der Waals surface area contributed by atoms with E-state index in [1.54, 1.807) is 0 Å². The van der Waals surface area contributed by atoms with Crippen molar-refractivity contribution in [2.24, 2.45) is 0 Å². The molecular formula is C12H16F6O3. The van der Waals surface area contributed by atoms with Gasteiger partial charge < -0.3 is 9.47 Å². The van der Waals surface area contributed by atoms with Crippen molar-refractivity contribution in [1.82, 2.24) is 0 Å². The Morgan fingerprint density at radius 1 is 0.762 bits per heavy atom. The number of rotatable bonds is 8. The molecule has 9 heteroatoms. The minimum atomic E-state index is -3.43. The van der Waals surface area contributed by atoms with Crippen LogP contribution in [-0.4, -0.2) is 25.9 Å². The molecule has 0 aliphatic heterocycles. The van der Waals surface area contributed by atoms with E-state index in [1.165, 1.54) is 0 Å². The van der Waals surface area contributed by atoms with Crippen LogP contribution in [0, 0.1) is 0 Å². The topological polar surface area (TPSA) is 27.7 Å². The lowest BCUT2D eigenvalue weighted by Crippen LogP contribution is -2.42. The molecule has 124 valence electrons. The summed E-state index contributed by atoms with van der Waals surface area (Å²) in [7, 11) is 1.44. The van der Waals surface area contributed by atoms with Crippen molar-refractivity contribution < 1.29 is 40.6 Å². The molecule has 0 saturated heterocycles. The first kappa shape index (κ1) is 19.6. The van der Waals surface area contributed by atoms with E-state index in [0.29, 0.717) is 0 Å². The second kappa shape index (κ2) is 7.58. The molecule has 2 atom stereocenters. The van der Waals surface area contributed by atoms with Gasteiger partial charge in [-0.05, 0) is 0 Å². The van der Waals surface area contributed by atoms with E-state index >= 15 is 0 Å². The third-order valence-corrected chi connectivity index (χ3v) is 2.66. The monoisotopic (exact) mass is 322 g/mol. The fourth-order valence-electron chi connectivity index (χ4n) is 1.56. The first-order chi connectivity index (χ1) is 9.61. The molecular weight excluding hydrogens is 306 g/mol. The molecule has 0 rings (SSSR count). The molecule has 0 aliphatic rings. The molecule has 0 aromatic heterocycles. The van der Waals surface area contributed by atoms with Crippen LogP contribution in [0.15, 0.2) is 23.7 Å². The average Bonchev–Trinajstić information content (AvgIpc) is 2.39. The van der Waals surface area contributed by atoms with Crippen LogP contribution in [0.1, 0.15) is 26.7 Å². The van der Waals surface area contributed by atoms with Crippen molar-refractivity contribution in [3.8, 4) is 0 Å². The molecule has 0 heterocycles. The van der Waals surface area contributed by atoms with E-state index in [0.717, 1.165) is 28.1 Å². The van der Waals surface area contributed by atoms with Crippen molar-refractivity contribution in [2.75, 3.05) is 14.2 Å². The third kappa shape index (κ3) is 4.29. The molecule has 2 unspecified atom stereocenters. The maximum atomic E-state index is 14.4. The average molecular weight is 322 g/mol. The summed E-state index contributed by atoms with van der Waals surface area (Å²) in [6.45, 7) is 2.11. The van der Waals surface area contributed by atoms with Gasteiger partial charge in [0.2, 0.25) is 11.5 Å². The zero-order chi connectivity index (χ0) is 16.8. The zero-order valence-electron chi connectivity index (χ0n) is 11.9. The number of ether oxygens (including phenoxy) is 3. The molecule has 3 nitrogen and oxygen atoms in total. The van der Waals surface area contributed by atoms with Gasteiger partial charge in [0.1, 0.15) is 0 Å². The highest BCUT2D eigenvalue weighted by atomic mass is 19.3. The molecule has 0 aromatic rings. The first-order valence-electron chi connectivity index (χ1n) is 5.89. The Kier molecular flexibility index (Phi) is 7.08. The molecule has 21 heavy (non-hydrogen) atoms. The molecule has 0 radical (unpaired) electrons.